The van der Waals surface area contributed by atoms with Crippen molar-refractivity contribution in [3.63, 3.8) is 0 Å². The molecule has 0 saturated carbocycles. The molecule has 4 heteroatoms. The van der Waals surface area contributed by atoms with Gasteiger partial charge in [0.25, 0.3) is 0 Å². The number of carbonyl (C=O) groups is 3. The lowest BCUT2D eigenvalue weighted by molar-refractivity contribution is -0.143. The second kappa shape index (κ2) is 6.72. The van der Waals surface area contributed by atoms with Gasteiger partial charge in [-0.25, -0.2) is 4.79 Å². The fourth-order valence-corrected chi connectivity index (χ4v) is 0.532. The smallest absolute Gasteiger partial charge is 0.368 e. The normalized spacial score (nSPS) is 7.69. The average Bonchev–Trinajstić information content (AvgIpc) is 2.20. The Hall–Kier alpha value is -1.97. The number of hydrogen-bond acceptors (Lipinski definition) is 3. The van der Waals surface area contributed by atoms with Crippen LogP contribution in [-0.4, -0.2) is 23.6 Å². The molecule has 0 atom stereocenters. The molecule has 0 amide bonds. The highest BCUT2D eigenvalue weighted by molar-refractivity contribution is 6.19. The zero-order valence-electron chi connectivity index (χ0n) is 6.71. The van der Waals surface area contributed by atoms with Crippen LogP contribution in [0.5, 0.6) is 0 Å². The van der Waals surface area contributed by atoms with Crippen molar-refractivity contribution in [3.05, 3.63) is 35.9 Å². The first-order chi connectivity index (χ1) is 6.20. The molecule has 1 aromatic rings. The first kappa shape index (κ1) is 11.0. The molecule has 0 heterocycles. The van der Waals surface area contributed by atoms with E-state index >= 15 is 0 Å². The Balaban J connectivity index is 0.000000252. The summed E-state index contributed by atoms with van der Waals surface area (Å²) in [7, 11) is 0. The molecule has 0 unspecified atom stereocenters. The molecule has 1 rings (SSSR count). The van der Waals surface area contributed by atoms with E-state index < -0.39 is 5.97 Å². The highest BCUT2D eigenvalue weighted by atomic mass is 16.4. The lowest BCUT2D eigenvalue weighted by Crippen LogP contribution is -1.91. The first-order valence-electron chi connectivity index (χ1n) is 3.39. The van der Waals surface area contributed by atoms with Crippen molar-refractivity contribution >= 4 is 18.5 Å². The van der Waals surface area contributed by atoms with Gasteiger partial charge in [-0.05, 0) is 0 Å². The molecule has 1 aromatic carbocycles. The van der Waals surface area contributed by atoms with Gasteiger partial charge in [-0.15, -0.1) is 0 Å². The third kappa shape index (κ3) is 6.43. The zero-order valence-corrected chi connectivity index (χ0v) is 6.71. The number of hydrogen-bond donors (Lipinski definition) is 1. The van der Waals surface area contributed by atoms with E-state index in [0.717, 1.165) is 11.8 Å². The van der Waals surface area contributed by atoms with Gasteiger partial charge in [-0.3, -0.25) is 9.59 Å². The Morgan fingerprint density at radius 3 is 1.85 bits per heavy atom. The van der Waals surface area contributed by atoms with Gasteiger partial charge in [0, 0.05) is 5.56 Å². The largest absolute Gasteiger partial charge is 0.476 e. The lowest BCUT2D eigenvalue weighted by Gasteiger charge is -1.81. The van der Waals surface area contributed by atoms with Crippen LogP contribution in [0.4, 0.5) is 0 Å². The van der Waals surface area contributed by atoms with Crippen molar-refractivity contribution in [2.45, 2.75) is 0 Å². The zero-order chi connectivity index (χ0) is 10.1. The van der Waals surface area contributed by atoms with Gasteiger partial charge < -0.3 is 5.11 Å². The Morgan fingerprint density at radius 1 is 1.15 bits per heavy atom. The molecule has 0 bridgehead atoms. The summed E-state index contributed by atoms with van der Waals surface area (Å²) in [5.74, 6) is -1.43. The number of carbonyl (C=O) groups excluding carboxylic acids is 2. The number of carboxylic acids is 1. The van der Waals surface area contributed by atoms with E-state index in [4.69, 9.17) is 14.7 Å². The number of aldehydes is 2. The van der Waals surface area contributed by atoms with Crippen molar-refractivity contribution in [3.8, 4) is 0 Å². The number of rotatable bonds is 2. The minimum absolute atomic E-state index is 0.167. The number of benzene rings is 1. The van der Waals surface area contributed by atoms with E-state index in [1.165, 1.54) is 0 Å². The summed E-state index contributed by atoms with van der Waals surface area (Å²) in [6, 6.07) is 9.10. The fraction of sp³-hybridized carbons (Fsp3) is 0. The predicted molar refractivity (Wildman–Crippen MR) is 45.5 cm³/mol. The molecule has 0 fully saturated rings. The van der Waals surface area contributed by atoms with Crippen molar-refractivity contribution in [2.75, 3.05) is 0 Å². The standard InChI is InChI=1S/C7H6O.C2H2O3/c8-6-7-4-2-1-3-5-7;3-1-2(4)5/h1-6H;1H,(H,4,5). The van der Waals surface area contributed by atoms with Crippen molar-refractivity contribution in [2.24, 2.45) is 0 Å². The lowest BCUT2D eigenvalue weighted by atomic mass is 10.2. The van der Waals surface area contributed by atoms with Crippen LogP contribution in [0.2, 0.25) is 0 Å². The van der Waals surface area contributed by atoms with Gasteiger partial charge in [0.15, 0.2) is 0 Å². The summed E-state index contributed by atoms with van der Waals surface area (Å²) < 4.78 is 0. The topological polar surface area (TPSA) is 71.4 Å². The summed E-state index contributed by atoms with van der Waals surface area (Å²) in [5, 5.41) is 7.35. The second-order valence-corrected chi connectivity index (χ2v) is 1.98. The Labute approximate surface area is 74.8 Å². The summed E-state index contributed by atoms with van der Waals surface area (Å²) in [4.78, 5) is 27.9. The maximum Gasteiger partial charge on any atom is 0.368 e. The predicted octanol–water partition coefficient (Wildman–Crippen LogP) is 0.769. The van der Waals surface area contributed by atoms with E-state index in [-0.39, 0.29) is 6.29 Å². The van der Waals surface area contributed by atoms with E-state index in [1.54, 1.807) is 12.1 Å². The summed E-state index contributed by atoms with van der Waals surface area (Å²) in [5.41, 5.74) is 0.729. The van der Waals surface area contributed by atoms with Crippen LogP contribution < -0.4 is 0 Å². The van der Waals surface area contributed by atoms with E-state index in [0.29, 0.717) is 0 Å². The van der Waals surface area contributed by atoms with Crippen molar-refractivity contribution < 1.29 is 19.5 Å². The summed E-state index contributed by atoms with van der Waals surface area (Å²) >= 11 is 0. The number of aliphatic carboxylic acids is 1. The second-order valence-electron chi connectivity index (χ2n) is 1.98. The van der Waals surface area contributed by atoms with Gasteiger partial charge in [-0.1, -0.05) is 30.3 Å². The van der Waals surface area contributed by atoms with E-state index in [9.17, 15) is 4.79 Å². The molecule has 0 aromatic heterocycles. The Bertz CT molecular complexity index is 279. The van der Waals surface area contributed by atoms with Gasteiger partial charge >= 0.3 is 5.97 Å². The summed E-state index contributed by atoms with van der Waals surface area (Å²) in [6.45, 7) is 0. The third-order valence-corrected chi connectivity index (χ3v) is 1.04. The third-order valence-electron chi connectivity index (χ3n) is 1.04. The van der Waals surface area contributed by atoms with Gasteiger partial charge in [0.2, 0.25) is 6.29 Å². The molecule has 13 heavy (non-hydrogen) atoms. The van der Waals surface area contributed by atoms with Crippen LogP contribution >= 0.6 is 0 Å². The van der Waals surface area contributed by atoms with Gasteiger partial charge in [-0.2, -0.15) is 0 Å². The van der Waals surface area contributed by atoms with Crippen LogP contribution in [0.15, 0.2) is 30.3 Å². The average molecular weight is 180 g/mol. The molecule has 4 nitrogen and oxygen atoms in total. The Morgan fingerprint density at radius 2 is 1.62 bits per heavy atom. The molecule has 0 saturated heterocycles. The van der Waals surface area contributed by atoms with Crippen LogP contribution in [0.3, 0.4) is 0 Å². The van der Waals surface area contributed by atoms with E-state index in [2.05, 4.69) is 0 Å². The molecule has 0 spiro atoms. The molecule has 0 aliphatic rings. The fourth-order valence-electron chi connectivity index (χ4n) is 0.532. The minimum atomic E-state index is -1.43. The molecule has 68 valence electrons. The SMILES string of the molecule is O=CC(=O)O.O=Cc1ccccc1. The molecule has 0 radical (unpaired) electrons. The maximum absolute atomic E-state index is 10.0. The monoisotopic (exact) mass is 180 g/mol. The van der Waals surface area contributed by atoms with Crippen LogP contribution in [0.25, 0.3) is 0 Å². The molecule has 0 aliphatic carbocycles. The maximum atomic E-state index is 10.0. The molecular formula is C9H8O4. The summed E-state index contributed by atoms with van der Waals surface area (Å²) in [6.07, 6.45) is 0.667. The van der Waals surface area contributed by atoms with Crippen LogP contribution in [-0.2, 0) is 9.59 Å². The minimum Gasteiger partial charge on any atom is -0.476 e. The quantitative estimate of drug-likeness (QED) is 0.539. The van der Waals surface area contributed by atoms with Gasteiger partial charge in [0.1, 0.15) is 6.29 Å². The Kier molecular flexibility index (Phi) is 5.70. The van der Waals surface area contributed by atoms with Crippen LogP contribution in [0.1, 0.15) is 10.4 Å². The highest BCUT2D eigenvalue weighted by Gasteiger charge is 1.81. The van der Waals surface area contributed by atoms with Crippen molar-refractivity contribution in [1.29, 1.82) is 0 Å². The number of carboxylic acid groups (broad SMARTS) is 1. The molecule has 0 aliphatic heterocycles. The van der Waals surface area contributed by atoms with Gasteiger partial charge in [0.05, 0.1) is 0 Å². The van der Waals surface area contributed by atoms with E-state index in [1.807, 2.05) is 18.2 Å². The first-order valence-corrected chi connectivity index (χ1v) is 3.39. The highest BCUT2D eigenvalue weighted by Crippen LogP contribution is 1.91. The molecular weight excluding hydrogens is 172 g/mol. The van der Waals surface area contributed by atoms with Crippen molar-refractivity contribution in [1.82, 2.24) is 0 Å². The molecule has 1 N–H and O–H groups in total. The van der Waals surface area contributed by atoms with Crippen LogP contribution in [0, 0.1) is 0 Å².